The van der Waals surface area contributed by atoms with Gasteiger partial charge in [-0.2, -0.15) is 0 Å². The molecule has 2 N–H and O–H groups in total. The fraction of sp³-hybridized carbons (Fsp3) is 0.621. The molecule has 4 rings (SSSR count). The minimum Gasteiger partial charge on any atom is -0.481 e. The summed E-state index contributed by atoms with van der Waals surface area (Å²) in [4.78, 5) is 46.4. The number of nitrogens with zero attached hydrogens (tertiary/aromatic N) is 3. The SMILES string of the molecule is C=CCN(C(=O)C1N([C@@H](CO)CC(C)C)C(=O)[C@@H]2[C@H](C(=O)O)[C@@H]3CCC12S3)c1ccc(N(CC)CC)cc1. The molecule has 3 fully saturated rings. The lowest BCUT2D eigenvalue weighted by Crippen LogP contribution is -2.57. The van der Waals surface area contributed by atoms with Crippen molar-refractivity contribution in [2.75, 3.05) is 36.0 Å². The maximum atomic E-state index is 14.6. The molecule has 6 atom stereocenters. The Morgan fingerprint density at radius 2 is 1.84 bits per heavy atom. The number of aliphatic hydroxyl groups excluding tert-OH is 1. The van der Waals surface area contributed by atoms with E-state index in [-0.39, 0.29) is 36.1 Å². The van der Waals surface area contributed by atoms with Gasteiger partial charge in [0.25, 0.3) is 5.91 Å². The second-order valence-electron chi connectivity index (χ2n) is 11.0. The molecule has 9 heteroatoms. The van der Waals surface area contributed by atoms with Gasteiger partial charge in [0.15, 0.2) is 0 Å². The van der Waals surface area contributed by atoms with E-state index in [2.05, 4.69) is 25.3 Å². The van der Waals surface area contributed by atoms with E-state index >= 15 is 0 Å². The van der Waals surface area contributed by atoms with Crippen molar-refractivity contribution in [2.24, 2.45) is 17.8 Å². The van der Waals surface area contributed by atoms with Gasteiger partial charge in [-0.3, -0.25) is 14.4 Å². The summed E-state index contributed by atoms with van der Waals surface area (Å²) in [5.74, 6) is -2.92. The number of thioether (sulfide) groups is 1. The Morgan fingerprint density at radius 3 is 2.37 bits per heavy atom. The van der Waals surface area contributed by atoms with Gasteiger partial charge in [0.05, 0.1) is 29.2 Å². The molecule has 3 heterocycles. The van der Waals surface area contributed by atoms with Crippen LogP contribution < -0.4 is 9.80 Å². The van der Waals surface area contributed by atoms with Crippen LogP contribution in [0.5, 0.6) is 0 Å². The van der Waals surface area contributed by atoms with E-state index in [1.165, 1.54) is 11.8 Å². The quantitative estimate of drug-likeness (QED) is 0.388. The molecule has 38 heavy (non-hydrogen) atoms. The molecule has 0 aromatic heterocycles. The van der Waals surface area contributed by atoms with Crippen molar-refractivity contribution in [2.45, 2.75) is 69.0 Å². The first kappa shape index (κ1) is 28.5. The summed E-state index contributed by atoms with van der Waals surface area (Å²) in [6, 6.07) is 6.43. The first-order valence-corrected chi connectivity index (χ1v) is 14.6. The molecule has 1 spiro atoms. The van der Waals surface area contributed by atoms with Crippen LogP contribution in [0.1, 0.15) is 47.0 Å². The van der Waals surface area contributed by atoms with Crippen molar-refractivity contribution in [1.29, 1.82) is 0 Å². The number of aliphatic hydroxyl groups is 1. The summed E-state index contributed by atoms with van der Waals surface area (Å²) in [5, 5.41) is 20.3. The molecule has 8 nitrogen and oxygen atoms in total. The number of hydrogen-bond donors (Lipinski definition) is 2. The number of carbonyl (C=O) groups is 3. The van der Waals surface area contributed by atoms with Crippen LogP contribution in [0.15, 0.2) is 36.9 Å². The zero-order valence-corrected chi connectivity index (χ0v) is 23.7. The molecule has 2 unspecified atom stereocenters. The van der Waals surface area contributed by atoms with E-state index < -0.39 is 34.6 Å². The maximum Gasteiger partial charge on any atom is 0.308 e. The topological polar surface area (TPSA) is 101 Å². The molecule has 208 valence electrons. The van der Waals surface area contributed by atoms with Crippen LogP contribution in [0.2, 0.25) is 0 Å². The summed E-state index contributed by atoms with van der Waals surface area (Å²) >= 11 is 1.51. The minimum atomic E-state index is -0.977. The van der Waals surface area contributed by atoms with E-state index in [0.29, 0.717) is 24.9 Å². The molecule has 0 radical (unpaired) electrons. The number of hydrogen-bond acceptors (Lipinski definition) is 6. The van der Waals surface area contributed by atoms with Gasteiger partial charge in [-0.15, -0.1) is 18.3 Å². The molecule has 1 aromatic carbocycles. The normalized spacial score (nSPS) is 28.5. The lowest BCUT2D eigenvalue weighted by Gasteiger charge is -2.40. The highest BCUT2D eigenvalue weighted by molar-refractivity contribution is 8.02. The largest absolute Gasteiger partial charge is 0.481 e. The third-order valence-electron chi connectivity index (χ3n) is 8.47. The van der Waals surface area contributed by atoms with Crippen molar-refractivity contribution >= 4 is 40.9 Å². The van der Waals surface area contributed by atoms with Crippen molar-refractivity contribution in [3.05, 3.63) is 36.9 Å². The Labute approximate surface area is 230 Å². The molecular formula is C29H41N3O5S. The van der Waals surface area contributed by atoms with Crippen molar-refractivity contribution in [1.82, 2.24) is 4.90 Å². The molecule has 1 aromatic rings. The lowest BCUT2D eigenvalue weighted by atomic mass is 9.71. The Hall–Kier alpha value is -2.52. The van der Waals surface area contributed by atoms with Crippen molar-refractivity contribution < 1.29 is 24.6 Å². The summed E-state index contributed by atoms with van der Waals surface area (Å²) in [5.41, 5.74) is 1.77. The van der Waals surface area contributed by atoms with Crippen LogP contribution in [0, 0.1) is 17.8 Å². The first-order valence-electron chi connectivity index (χ1n) is 13.8. The van der Waals surface area contributed by atoms with Crippen LogP contribution in [-0.2, 0) is 14.4 Å². The second kappa shape index (κ2) is 11.3. The van der Waals surface area contributed by atoms with E-state index in [4.69, 9.17) is 0 Å². The fourth-order valence-corrected chi connectivity index (χ4v) is 9.09. The van der Waals surface area contributed by atoms with E-state index in [1.807, 2.05) is 38.1 Å². The molecule has 0 saturated carbocycles. The Bertz CT molecular complexity index is 1060. The second-order valence-corrected chi connectivity index (χ2v) is 12.6. The Morgan fingerprint density at radius 1 is 1.21 bits per heavy atom. The lowest BCUT2D eigenvalue weighted by molar-refractivity contribution is -0.149. The highest BCUT2D eigenvalue weighted by atomic mass is 32.2. The molecular weight excluding hydrogens is 502 g/mol. The predicted molar refractivity (Wildman–Crippen MR) is 151 cm³/mol. The molecule has 2 amide bonds. The number of carbonyl (C=O) groups excluding carboxylic acids is 2. The number of rotatable bonds is 12. The predicted octanol–water partition coefficient (Wildman–Crippen LogP) is 3.63. The molecule has 0 aliphatic carbocycles. The van der Waals surface area contributed by atoms with Gasteiger partial charge in [0.2, 0.25) is 5.91 Å². The summed E-state index contributed by atoms with van der Waals surface area (Å²) < 4.78 is -0.813. The van der Waals surface area contributed by atoms with Crippen molar-refractivity contribution in [3.63, 3.8) is 0 Å². The fourth-order valence-electron chi connectivity index (χ4n) is 6.90. The average molecular weight is 544 g/mol. The van der Waals surface area contributed by atoms with Gasteiger partial charge in [-0.25, -0.2) is 0 Å². The highest BCUT2D eigenvalue weighted by Gasteiger charge is 2.74. The van der Waals surface area contributed by atoms with Gasteiger partial charge in [0.1, 0.15) is 6.04 Å². The van der Waals surface area contributed by atoms with Gasteiger partial charge >= 0.3 is 5.97 Å². The highest BCUT2D eigenvalue weighted by Crippen LogP contribution is 2.66. The zero-order valence-electron chi connectivity index (χ0n) is 22.9. The number of benzene rings is 1. The molecule has 3 saturated heterocycles. The third kappa shape index (κ3) is 4.62. The number of carboxylic acids is 1. The standard InChI is InChI=1S/C29H41N3O5S/c1-6-15-31(20-11-9-19(10-12-20)30(7-2)8-3)27(35)25-29-14-13-22(38-29)23(28(36)37)24(29)26(34)32(25)21(17-33)16-18(4)5/h6,9-12,18,21-25,33H,1,7-8,13-17H2,2-5H3,(H,36,37)/t21-,22+,23-,24+,25?,29?/m1/s1. The van der Waals surface area contributed by atoms with Crippen LogP contribution >= 0.6 is 11.8 Å². The summed E-state index contributed by atoms with van der Waals surface area (Å²) in [6.07, 6.45) is 3.47. The van der Waals surface area contributed by atoms with Crippen LogP contribution in [0.3, 0.4) is 0 Å². The van der Waals surface area contributed by atoms with Crippen LogP contribution in [-0.4, -0.2) is 81.2 Å². The molecule has 3 aliphatic rings. The van der Waals surface area contributed by atoms with E-state index in [9.17, 15) is 24.6 Å². The van der Waals surface area contributed by atoms with Gasteiger partial charge in [-0.1, -0.05) is 19.9 Å². The van der Waals surface area contributed by atoms with E-state index in [0.717, 1.165) is 18.8 Å². The third-order valence-corrected chi connectivity index (χ3v) is 10.4. The average Bonchev–Trinajstić information content (AvgIpc) is 3.54. The number of aliphatic carboxylic acids is 1. The monoisotopic (exact) mass is 543 g/mol. The zero-order chi connectivity index (χ0) is 27.8. The number of likely N-dealkylation sites (tertiary alicyclic amines) is 1. The minimum absolute atomic E-state index is 0.183. The number of carboxylic acid groups (broad SMARTS) is 1. The Balaban J connectivity index is 1.78. The number of fused-ring (bicyclic) bond motifs is 1. The maximum absolute atomic E-state index is 14.6. The molecule has 2 bridgehead atoms. The summed E-state index contributed by atoms with van der Waals surface area (Å²) in [7, 11) is 0. The summed E-state index contributed by atoms with van der Waals surface area (Å²) in [6.45, 7) is 13.8. The first-order chi connectivity index (χ1) is 18.1. The van der Waals surface area contributed by atoms with E-state index in [1.54, 1.807) is 15.9 Å². The van der Waals surface area contributed by atoms with Gasteiger partial charge in [-0.05, 0) is 63.3 Å². The number of anilines is 2. The smallest absolute Gasteiger partial charge is 0.308 e. The Kier molecular flexibility index (Phi) is 8.47. The molecule has 3 aliphatic heterocycles. The van der Waals surface area contributed by atoms with Gasteiger partial charge in [0, 0.05) is 36.3 Å². The van der Waals surface area contributed by atoms with Crippen LogP contribution in [0.4, 0.5) is 11.4 Å². The van der Waals surface area contributed by atoms with Crippen LogP contribution in [0.25, 0.3) is 0 Å². The van der Waals surface area contributed by atoms with Crippen molar-refractivity contribution in [3.8, 4) is 0 Å². The number of amides is 2. The van der Waals surface area contributed by atoms with Gasteiger partial charge < -0.3 is 24.9 Å².